The highest BCUT2D eigenvalue weighted by molar-refractivity contribution is 7.91. The summed E-state index contributed by atoms with van der Waals surface area (Å²) in [5.41, 5.74) is 0.892. The largest absolute Gasteiger partial charge is 0.310 e. The molecule has 0 aliphatic rings. The molecule has 1 rings (SSSR count). The maximum atomic E-state index is 13.2. The number of hydrogen-bond acceptors (Lipinski definition) is 3. The summed E-state index contributed by atoms with van der Waals surface area (Å²) in [6.45, 7) is 4.53. The van der Waals surface area contributed by atoms with E-state index in [1.165, 1.54) is 6.07 Å². The maximum Gasteiger partial charge on any atom is 0.150 e. The van der Waals surface area contributed by atoms with E-state index in [2.05, 4.69) is 12.2 Å². The average molecular weight is 336 g/mol. The van der Waals surface area contributed by atoms with Gasteiger partial charge < -0.3 is 5.32 Å². The molecule has 0 aromatic heterocycles. The van der Waals surface area contributed by atoms with Gasteiger partial charge in [0.05, 0.1) is 10.8 Å². The van der Waals surface area contributed by atoms with Crippen molar-refractivity contribution >= 4 is 21.4 Å². The van der Waals surface area contributed by atoms with Crippen LogP contribution in [0, 0.1) is 5.82 Å². The Labute approximate surface area is 131 Å². The molecule has 1 aromatic rings. The first kappa shape index (κ1) is 18.4. The van der Waals surface area contributed by atoms with E-state index in [1.807, 2.05) is 0 Å². The Morgan fingerprint density at radius 1 is 1.33 bits per heavy atom. The van der Waals surface area contributed by atoms with Gasteiger partial charge in [-0.15, -0.1) is 0 Å². The van der Waals surface area contributed by atoms with Crippen LogP contribution < -0.4 is 5.32 Å². The van der Waals surface area contributed by atoms with Gasteiger partial charge in [0.25, 0.3) is 0 Å². The topological polar surface area (TPSA) is 46.2 Å². The Balaban J connectivity index is 2.73. The van der Waals surface area contributed by atoms with Gasteiger partial charge in [-0.3, -0.25) is 0 Å². The fourth-order valence-electron chi connectivity index (χ4n) is 2.09. The second kappa shape index (κ2) is 8.71. The minimum atomic E-state index is -2.95. The van der Waals surface area contributed by atoms with Crippen molar-refractivity contribution < 1.29 is 12.8 Å². The highest BCUT2D eigenvalue weighted by atomic mass is 35.5. The standard InChI is InChI=1S/C15H23ClFNO2S/c1-3-9-18-15(6-5-10-21(19,20)4-2)12-7-8-14(17)13(16)11-12/h7-8,11,15,18H,3-6,9-10H2,1-2H3. The van der Waals surface area contributed by atoms with Crippen LogP contribution in [-0.4, -0.2) is 26.5 Å². The molecule has 120 valence electrons. The third kappa shape index (κ3) is 6.32. The lowest BCUT2D eigenvalue weighted by Crippen LogP contribution is -2.23. The number of rotatable bonds is 9. The monoisotopic (exact) mass is 335 g/mol. The average Bonchev–Trinajstić information content (AvgIpc) is 2.45. The third-order valence-corrected chi connectivity index (χ3v) is 5.45. The van der Waals surface area contributed by atoms with Crippen LogP contribution in [0.1, 0.15) is 44.7 Å². The third-order valence-electron chi connectivity index (χ3n) is 3.37. The first-order valence-corrected chi connectivity index (χ1v) is 9.48. The van der Waals surface area contributed by atoms with Crippen LogP contribution in [-0.2, 0) is 9.84 Å². The van der Waals surface area contributed by atoms with E-state index < -0.39 is 15.7 Å². The van der Waals surface area contributed by atoms with Crippen molar-refractivity contribution in [3.05, 3.63) is 34.6 Å². The SMILES string of the molecule is CCCNC(CCCS(=O)(=O)CC)c1ccc(F)c(Cl)c1. The Morgan fingerprint density at radius 3 is 2.62 bits per heavy atom. The minimum absolute atomic E-state index is 0.00453. The molecular formula is C15H23ClFNO2S. The van der Waals surface area contributed by atoms with Gasteiger partial charge in [-0.1, -0.05) is 31.5 Å². The van der Waals surface area contributed by atoms with E-state index in [0.717, 1.165) is 18.5 Å². The van der Waals surface area contributed by atoms with E-state index in [1.54, 1.807) is 19.1 Å². The van der Waals surface area contributed by atoms with Gasteiger partial charge in [0.1, 0.15) is 15.7 Å². The molecule has 1 N–H and O–H groups in total. The van der Waals surface area contributed by atoms with E-state index in [9.17, 15) is 12.8 Å². The molecule has 1 aromatic carbocycles. The smallest absolute Gasteiger partial charge is 0.150 e. The normalized spacial score (nSPS) is 13.3. The van der Waals surface area contributed by atoms with Gasteiger partial charge in [-0.05, 0) is 43.5 Å². The highest BCUT2D eigenvalue weighted by Gasteiger charge is 2.14. The van der Waals surface area contributed by atoms with Crippen LogP contribution in [0.25, 0.3) is 0 Å². The number of sulfone groups is 1. The van der Waals surface area contributed by atoms with Gasteiger partial charge in [0, 0.05) is 11.8 Å². The van der Waals surface area contributed by atoms with Crippen LogP contribution >= 0.6 is 11.6 Å². The first-order chi connectivity index (χ1) is 9.89. The molecule has 0 aliphatic heterocycles. The van der Waals surface area contributed by atoms with Crippen molar-refractivity contribution in [2.45, 2.75) is 39.2 Å². The molecule has 0 heterocycles. The van der Waals surface area contributed by atoms with Crippen LogP contribution in [0.5, 0.6) is 0 Å². The molecule has 3 nitrogen and oxygen atoms in total. The van der Waals surface area contributed by atoms with Gasteiger partial charge >= 0.3 is 0 Å². The lowest BCUT2D eigenvalue weighted by molar-refractivity contribution is 0.491. The Morgan fingerprint density at radius 2 is 2.05 bits per heavy atom. The zero-order chi connectivity index (χ0) is 15.9. The molecule has 0 saturated carbocycles. The van der Waals surface area contributed by atoms with Gasteiger partial charge in [-0.2, -0.15) is 0 Å². The predicted octanol–water partition coefficient (Wildman–Crippen LogP) is 3.73. The number of nitrogens with one attached hydrogen (secondary N) is 1. The van der Waals surface area contributed by atoms with Crippen molar-refractivity contribution in [3.63, 3.8) is 0 Å². The molecular weight excluding hydrogens is 313 g/mol. The fourth-order valence-corrected chi connectivity index (χ4v) is 3.17. The summed E-state index contributed by atoms with van der Waals surface area (Å²) in [6.07, 6.45) is 2.23. The Hall–Kier alpha value is -0.650. The Kier molecular flexibility index (Phi) is 7.63. The van der Waals surface area contributed by atoms with Crippen molar-refractivity contribution in [1.82, 2.24) is 5.32 Å². The van der Waals surface area contributed by atoms with Crippen LogP contribution in [0.3, 0.4) is 0 Å². The molecule has 1 atom stereocenters. The van der Waals surface area contributed by atoms with Crippen LogP contribution in [0.2, 0.25) is 5.02 Å². The predicted molar refractivity (Wildman–Crippen MR) is 86.0 cm³/mol. The van der Waals surface area contributed by atoms with Crippen molar-refractivity contribution in [2.75, 3.05) is 18.1 Å². The van der Waals surface area contributed by atoms with Crippen LogP contribution in [0.15, 0.2) is 18.2 Å². The summed E-state index contributed by atoms with van der Waals surface area (Å²) in [5.74, 6) is -0.0891. The van der Waals surface area contributed by atoms with Gasteiger partial charge in [-0.25, -0.2) is 12.8 Å². The molecule has 6 heteroatoms. The van der Waals surface area contributed by atoms with Gasteiger partial charge in [0.15, 0.2) is 0 Å². The summed E-state index contributed by atoms with van der Waals surface area (Å²) in [6, 6.07) is 4.65. The zero-order valence-corrected chi connectivity index (χ0v) is 14.1. The molecule has 1 unspecified atom stereocenters. The summed E-state index contributed by atoms with van der Waals surface area (Å²) in [5, 5.41) is 3.46. The molecule has 0 spiro atoms. The molecule has 0 saturated heterocycles. The zero-order valence-electron chi connectivity index (χ0n) is 12.5. The molecule has 21 heavy (non-hydrogen) atoms. The first-order valence-electron chi connectivity index (χ1n) is 7.28. The number of halogens is 2. The number of hydrogen-bond donors (Lipinski definition) is 1. The van der Waals surface area contributed by atoms with Crippen molar-refractivity contribution in [2.24, 2.45) is 0 Å². The summed E-state index contributed by atoms with van der Waals surface area (Å²) < 4.78 is 36.3. The maximum absolute atomic E-state index is 13.2. The fraction of sp³-hybridized carbons (Fsp3) is 0.600. The molecule has 0 amide bonds. The summed E-state index contributed by atoms with van der Waals surface area (Å²) >= 11 is 5.82. The summed E-state index contributed by atoms with van der Waals surface area (Å²) in [4.78, 5) is 0. The van der Waals surface area contributed by atoms with E-state index in [4.69, 9.17) is 11.6 Å². The van der Waals surface area contributed by atoms with E-state index >= 15 is 0 Å². The molecule has 0 bridgehead atoms. The highest BCUT2D eigenvalue weighted by Crippen LogP contribution is 2.24. The number of benzene rings is 1. The lowest BCUT2D eigenvalue weighted by atomic mass is 10.0. The Bertz CT molecular complexity index is 549. The van der Waals surface area contributed by atoms with Gasteiger partial charge in [0.2, 0.25) is 0 Å². The molecule has 0 fully saturated rings. The van der Waals surface area contributed by atoms with Crippen molar-refractivity contribution in [1.29, 1.82) is 0 Å². The second-order valence-electron chi connectivity index (χ2n) is 5.06. The minimum Gasteiger partial charge on any atom is -0.310 e. The second-order valence-corrected chi connectivity index (χ2v) is 7.94. The molecule has 0 aliphatic carbocycles. The van der Waals surface area contributed by atoms with Crippen LogP contribution in [0.4, 0.5) is 4.39 Å². The molecule has 0 radical (unpaired) electrons. The van der Waals surface area contributed by atoms with Crippen molar-refractivity contribution in [3.8, 4) is 0 Å². The lowest BCUT2D eigenvalue weighted by Gasteiger charge is -2.19. The van der Waals surface area contributed by atoms with E-state index in [-0.39, 0.29) is 22.6 Å². The summed E-state index contributed by atoms with van der Waals surface area (Å²) in [7, 11) is -2.95. The quantitative estimate of drug-likeness (QED) is 0.747. The van der Waals surface area contributed by atoms with E-state index in [0.29, 0.717) is 12.8 Å².